The fourth-order valence-corrected chi connectivity index (χ4v) is 5.95. The van der Waals surface area contributed by atoms with Crippen LogP contribution in [0.15, 0.2) is 24.3 Å². The van der Waals surface area contributed by atoms with Gasteiger partial charge in [-0.1, -0.05) is 141 Å². The van der Waals surface area contributed by atoms with Gasteiger partial charge in [-0.15, -0.1) is 0 Å². The van der Waals surface area contributed by atoms with Crippen LogP contribution in [0.3, 0.4) is 0 Å². The number of carbonyl (C=O) groups is 1. The van der Waals surface area contributed by atoms with Gasteiger partial charge < -0.3 is 19.2 Å². The van der Waals surface area contributed by atoms with Gasteiger partial charge in [-0.3, -0.25) is 0 Å². The van der Waals surface area contributed by atoms with Crippen LogP contribution >= 0.6 is 0 Å². The number of unbranched alkanes of at least 4 members (excludes halogenated alkanes) is 18. The molecule has 0 fully saturated rings. The van der Waals surface area contributed by atoms with Crippen molar-refractivity contribution in [1.29, 1.82) is 0 Å². The number of quaternary nitrogens is 2. The summed E-state index contributed by atoms with van der Waals surface area (Å²) in [6, 6.07) is 9.59. The van der Waals surface area contributed by atoms with Crippen LogP contribution in [0.1, 0.15) is 160 Å². The fraction of sp³-hybridized carbons (Fsp3) is 0.821. The smallest absolute Gasteiger partial charge is 0.332 e. The second-order valence-electron chi connectivity index (χ2n) is 14.8. The number of rotatable bonds is 27. The van der Waals surface area contributed by atoms with Gasteiger partial charge in [-0.2, -0.15) is 0 Å². The van der Waals surface area contributed by atoms with Gasteiger partial charge in [0.2, 0.25) is 0 Å². The third kappa shape index (κ3) is 26.9. The van der Waals surface area contributed by atoms with E-state index < -0.39 is 12.1 Å². The molecule has 258 valence electrons. The first kappa shape index (κ1) is 42.6. The highest BCUT2D eigenvalue weighted by molar-refractivity contribution is 5.71. The molecular weight excluding hydrogens is 544 g/mol. The summed E-state index contributed by atoms with van der Waals surface area (Å²) >= 11 is 0. The molecule has 0 amide bonds. The van der Waals surface area contributed by atoms with Gasteiger partial charge in [0.15, 0.2) is 0 Å². The number of aliphatic carboxylic acids is 1. The van der Waals surface area contributed by atoms with Crippen LogP contribution < -0.4 is 0 Å². The molecule has 0 heterocycles. The predicted octanol–water partition coefficient (Wildman–Crippen LogP) is 10.1. The van der Waals surface area contributed by atoms with Crippen LogP contribution in [0.25, 0.3) is 0 Å². The molecule has 1 unspecified atom stereocenters. The predicted molar refractivity (Wildman–Crippen MR) is 191 cm³/mol. The fourth-order valence-electron chi connectivity index (χ4n) is 5.95. The molecule has 5 nitrogen and oxygen atoms in total. The minimum atomic E-state index is -1.23. The minimum Gasteiger partial charge on any atom is -0.479 e. The van der Waals surface area contributed by atoms with Crippen molar-refractivity contribution in [3.63, 3.8) is 0 Å². The Hall–Kier alpha value is -1.43. The summed E-state index contributed by atoms with van der Waals surface area (Å²) < 4.78 is 2.22. The lowest BCUT2D eigenvalue weighted by Crippen LogP contribution is -2.40. The molecule has 2 N–H and O–H groups in total. The van der Waals surface area contributed by atoms with Crippen molar-refractivity contribution >= 4 is 5.97 Å². The number of hydrogen-bond acceptors (Lipinski definition) is 2. The van der Waals surface area contributed by atoms with Crippen LogP contribution in [0.5, 0.6) is 0 Å². The van der Waals surface area contributed by atoms with Crippen molar-refractivity contribution in [3.8, 4) is 0 Å². The molecule has 0 aliphatic heterocycles. The van der Waals surface area contributed by atoms with E-state index in [1.54, 1.807) is 0 Å². The lowest BCUT2D eigenvalue weighted by Gasteiger charge is -2.31. The largest absolute Gasteiger partial charge is 0.479 e. The Balaban J connectivity index is 0.00000278. The summed E-state index contributed by atoms with van der Waals surface area (Å²) in [6.07, 6.45) is 27.2. The number of carboxylic acid groups (broad SMARTS) is 1. The lowest BCUT2D eigenvalue weighted by molar-refractivity contribution is -0.904. The first-order chi connectivity index (χ1) is 20.9. The molecule has 1 aromatic carbocycles. The highest BCUT2D eigenvalue weighted by Crippen LogP contribution is 2.18. The second-order valence-corrected chi connectivity index (χ2v) is 14.8. The molecule has 44 heavy (non-hydrogen) atoms. The Morgan fingerprint density at radius 1 is 0.545 bits per heavy atom. The van der Waals surface area contributed by atoms with E-state index in [0.29, 0.717) is 0 Å². The molecule has 1 rings (SSSR count). The second kappa shape index (κ2) is 26.8. The van der Waals surface area contributed by atoms with E-state index in [9.17, 15) is 4.79 Å². The Bertz CT molecular complexity index is 732. The first-order valence-electron chi connectivity index (χ1n) is 18.5. The monoisotopic (exact) mass is 621 g/mol. The maximum Gasteiger partial charge on any atom is 0.332 e. The van der Waals surface area contributed by atoms with Crippen molar-refractivity contribution in [3.05, 3.63) is 35.4 Å². The Morgan fingerprint density at radius 3 is 1.00 bits per heavy atom. The van der Waals surface area contributed by atoms with Gasteiger partial charge in [-0.25, -0.2) is 4.79 Å². The minimum absolute atomic E-state index is 1.11. The van der Waals surface area contributed by atoms with E-state index in [4.69, 9.17) is 10.2 Å². The highest BCUT2D eigenvalue weighted by atomic mass is 16.4. The summed E-state index contributed by atoms with van der Waals surface area (Å²) in [7, 11) is 9.64. The molecule has 0 aliphatic rings. The van der Waals surface area contributed by atoms with Crippen molar-refractivity contribution < 1.29 is 24.0 Å². The molecule has 0 aliphatic carbocycles. The zero-order valence-electron chi connectivity index (χ0n) is 30.6. The molecule has 1 aromatic rings. The van der Waals surface area contributed by atoms with Gasteiger partial charge >= 0.3 is 5.97 Å². The molecule has 0 saturated heterocycles. The van der Waals surface area contributed by atoms with Crippen molar-refractivity contribution in [2.75, 3.05) is 41.3 Å². The number of nitrogens with zero attached hydrogens (tertiary/aromatic N) is 2. The van der Waals surface area contributed by atoms with Crippen LogP contribution in [0, 0.1) is 0 Å². The number of aliphatic hydroxyl groups is 1. The molecule has 0 radical (unpaired) electrons. The first-order valence-corrected chi connectivity index (χ1v) is 18.5. The molecule has 0 aromatic heterocycles. The third-order valence-corrected chi connectivity index (χ3v) is 8.84. The number of carboxylic acids is 1. The third-order valence-electron chi connectivity index (χ3n) is 8.84. The van der Waals surface area contributed by atoms with Crippen LogP contribution in [0.4, 0.5) is 0 Å². The topological polar surface area (TPSA) is 57.5 Å². The molecule has 0 bridgehead atoms. The van der Waals surface area contributed by atoms with Crippen molar-refractivity contribution in [2.24, 2.45) is 0 Å². The number of hydrogen-bond donors (Lipinski definition) is 2. The molecule has 0 spiro atoms. The summed E-state index contributed by atoms with van der Waals surface area (Å²) in [5, 5.41) is 15.8. The van der Waals surface area contributed by atoms with E-state index in [-0.39, 0.29) is 0 Å². The van der Waals surface area contributed by atoms with E-state index in [1.165, 1.54) is 160 Å². The molecular formula is C39H76N2O3+2. The SMILES string of the molecule is CC(O)C(=O)O.CCCCCCCCCCCC[N+](C)(C)Cc1ccc(C[N+](C)(C)CCCCCCCCCCCC)cc1. The number of benzene rings is 1. The van der Waals surface area contributed by atoms with Crippen molar-refractivity contribution in [1.82, 2.24) is 0 Å². The van der Waals surface area contributed by atoms with Crippen molar-refractivity contribution in [2.45, 2.75) is 168 Å². The van der Waals surface area contributed by atoms with Gasteiger partial charge in [0.05, 0.1) is 41.3 Å². The van der Waals surface area contributed by atoms with Gasteiger partial charge in [0.1, 0.15) is 19.2 Å². The van der Waals surface area contributed by atoms with Crippen LogP contribution in [-0.4, -0.2) is 72.5 Å². The summed E-state index contributed by atoms with van der Waals surface area (Å²) in [6.45, 7) is 10.7. The molecule has 5 heteroatoms. The van der Waals surface area contributed by atoms with E-state index >= 15 is 0 Å². The standard InChI is InChI=1S/C36H70N2.C3H6O3/c1-7-9-11-13-15-17-19-21-23-25-31-37(3,4)33-35-27-29-36(30-28-35)34-38(5,6)32-26-24-22-20-18-16-14-12-10-8-2;1-2(4)3(5)6/h27-30H,7-26,31-34H2,1-6H3;2,4H,1H3,(H,5,6)/q+2;. The van der Waals surface area contributed by atoms with Gasteiger partial charge in [0.25, 0.3) is 0 Å². The Labute approximate surface area is 274 Å². The highest BCUT2D eigenvalue weighted by Gasteiger charge is 2.18. The maximum absolute atomic E-state index is 9.45. The Kier molecular flexibility index (Phi) is 25.9. The Morgan fingerprint density at radius 2 is 0.773 bits per heavy atom. The molecule has 1 atom stereocenters. The average Bonchev–Trinajstić information content (AvgIpc) is 2.96. The van der Waals surface area contributed by atoms with E-state index in [0.717, 1.165) is 22.1 Å². The van der Waals surface area contributed by atoms with Gasteiger partial charge in [-0.05, 0) is 32.6 Å². The summed E-state index contributed by atoms with van der Waals surface area (Å²) in [5.74, 6) is -1.19. The normalized spacial score (nSPS) is 12.5. The summed E-state index contributed by atoms with van der Waals surface area (Å²) in [4.78, 5) is 9.45. The lowest BCUT2D eigenvalue weighted by atomic mass is 10.1. The average molecular weight is 621 g/mol. The van der Waals surface area contributed by atoms with Gasteiger partial charge in [0, 0.05) is 11.1 Å². The zero-order valence-corrected chi connectivity index (χ0v) is 30.6. The number of aliphatic hydroxyl groups excluding tert-OH is 1. The zero-order chi connectivity index (χ0) is 33.1. The van der Waals surface area contributed by atoms with Crippen LogP contribution in [0.2, 0.25) is 0 Å². The van der Waals surface area contributed by atoms with E-state index in [1.807, 2.05) is 0 Å². The quantitative estimate of drug-likeness (QED) is 0.0760. The maximum atomic E-state index is 9.45. The van der Waals surface area contributed by atoms with Crippen LogP contribution in [-0.2, 0) is 17.9 Å². The molecule has 0 saturated carbocycles. The summed E-state index contributed by atoms with van der Waals surface area (Å²) in [5.41, 5.74) is 2.98. The van der Waals surface area contributed by atoms with E-state index in [2.05, 4.69) is 66.3 Å².